The van der Waals surface area contributed by atoms with E-state index in [1.807, 2.05) is 41.0 Å². The predicted molar refractivity (Wildman–Crippen MR) is 139 cm³/mol. The van der Waals surface area contributed by atoms with Gasteiger partial charge in [0.1, 0.15) is 49.0 Å². The summed E-state index contributed by atoms with van der Waals surface area (Å²) in [4.78, 5) is 26.1. The third-order valence-electron chi connectivity index (χ3n) is 7.38. The third kappa shape index (κ3) is 5.61. The van der Waals surface area contributed by atoms with Crippen molar-refractivity contribution in [3.05, 3.63) is 58.3 Å². The number of fused-ring (bicyclic) bond motifs is 3. The third-order valence-corrected chi connectivity index (χ3v) is 7.38. The Morgan fingerprint density at radius 1 is 1.00 bits per heavy atom. The lowest BCUT2D eigenvalue weighted by Crippen LogP contribution is -3.26. The van der Waals surface area contributed by atoms with E-state index in [4.69, 9.17) is 14.5 Å². The highest BCUT2D eigenvalue weighted by Crippen LogP contribution is 2.21. The van der Waals surface area contributed by atoms with Crippen LogP contribution >= 0.6 is 0 Å². The molecule has 0 bridgehead atoms. The summed E-state index contributed by atoms with van der Waals surface area (Å²) in [7, 11) is 3.33. The number of aromatic nitrogens is 4. The number of benzene rings is 1. The highest BCUT2D eigenvalue weighted by atomic mass is 35.5. The van der Waals surface area contributed by atoms with Gasteiger partial charge in [-0.1, -0.05) is 13.0 Å². The number of methoxy groups -OCH3 is 2. The molecule has 0 aliphatic carbocycles. The molecule has 4 heterocycles. The van der Waals surface area contributed by atoms with E-state index in [0.29, 0.717) is 17.9 Å². The van der Waals surface area contributed by atoms with Crippen molar-refractivity contribution in [3.63, 3.8) is 0 Å². The van der Waals surface area contributed by atoms with E-state index in [0.717, 1.165) is 74.0 Å². The number of hydrogen-bond donors (Lipinski definition) is 2. The van der Waals surface area contributed by atoms with Crippen molar-refractivity contribution in [2.45, 2.75) is 33.2 Å². The first kappa shape index (κ1) is 29.7. The number of imidazole rings is 1. The standard InChI is InChI=1S/C27H34N6O3.2ClH/c1-5-23-28-19(2)25-27(34)32(22-10-11-24(36-4)29-26(22)33(23)25)13-7-12-30-14-16-31(17-15-30)20-8-6-9-21(18-20)35-3;;/h6,8-11,18H,5,7,12-17H2,1-4H3;2*1H. The zero-order chi connectivity index (χ0) is 25.2. The average molecular weight is 564 g/mol. The van der Waals surface area contributed by atoms with E-state index in [2.05, 4.69) is 23.2 Å². The number of hydrogen-bond acceptors (Lipinski definition) is 5. The van der Waals surface area contributed by atoms with E-state index < -0.39 is 0 Å². The van der Waals surface area contributed by atoms with Crippen LogP contribution in [0.3, 0.4) is 0 Å². The Hall–Kier alpha value is -2.85. The SMILES string of the molecule is CCc1nc(C)c2c(=O)n(CCC[NH+]3CC[NH+](c4cccc(OC)c4)CC3)c3ccc(OC)nc3n12.[Cl-].[Cl-]. The van der Waals surface area contributed by atoms with Gasteiger partial charge in [0.25, 0.3) is 5.56 Å². The first-order chi connectivity index (χ1) is 17.5. The van der Waals surface area contributed by atoms with Gasteiger partial charge < -0.3 is 43.8 Å². The highest BCUT2D eigenvalue weighted by molar-refractivity contribution is 5.77. The molecule has 1 aliphatic rings. The molecule has 0 amide bonds. The minimum atomic E-state index is 0. The molecule has 1 fully saturated rings. The smallest absolute Gasteiger partial charge is 0.277 e. The van der Waals surface area contributed by atoms with Crippen LogP contribution in [-0.4, -0.2) is 65.9 Å². The molecule has 2 N–H and O–H groups in total. The van der Waals surface area contributed by atoms with Crippen LogP contribution in [0.1, 0.15) is 24.9 Å². The second kappa shape index (κ2) is 12.8. The van der Waals surface area contributed by atoms with E-state index in [1.165, 1.54) is 10.6 Å². The summed E-state index contributed by atoms with van der Waals surface area (Å²) < 4.78 is 14.6. The Morgan fingerprint density at radius 2 is 1.76 bits per heavy atom. The van der Waals surface area contributed by atoms with Gasteiger partial charge in [-0.25, -0.2) is 4.98 Å². The fourth-order valence-corrected chi connectivity index (χ4v) is 5.45. The van der Waals surface area contributed by atoms with Crippen LogP contribution < -0.4 is 49.6 Å². The summed E-state index contributed by atoms with van der Waals surface area (Å²) in [6, 6.07) is 12.1. The largest absolute Gasteiger partial charge is 1.00 e. The zero-order valence-electron chi connectivity index (χ0n) is 22.4. The van der Waals surface area contributed by atoms with Gasteiger partial charge in [-0.3, -0.25) is 14.1 Å². The van der Waals surface area contributed by atoms with Crippen molar-refractivity contribution in [2.75, 3.05) is 46.9 Å². The Balaban J connectivity index is 0.00000200. The molecule has 1 saturated heterocycles. The molecule has 4 aromatic rings. The van der Waals surface area contributed by atoms with Crippen molar-refractivity contribution >= 4 is 22.4 Å². The molecule has 0 atom stereocenters. The Bertz CT molecular complexity index is 1450. The molecule has 3 aromatic heterocycles. The lowest BCUT2D eigenvalue weighted by Gasteiger charge is -2.29. The van der Waals surface area contributed by atoms with Crippen molar-refractivity contribution < 1.29 is 44.1 Å². The van der Waals surface area contributed by atoms with Crippen molar-refractivity contribution in [1.29, 1.82) is 0 Å². The summed E-state index contributed by atoms with van der Waals surface area (Å²) in [6.45, 7) is 10.0. The van der Waals surface area contributed by atoms with Gasteiger partial charge in [0, 0.05) is 31.5 Å². The summed E-state index contributed by atoms with van der Waals surface area (Å²) in [5.74, 6) is 2.29. The van der Waals surface area contributed by atoms with E-state index in [1.54, 1.807) is 19.1 Å². The Labute approximate surface area is 235 Å². The van der Waals surface area contributed by atoms with Gasteiger partial charge in [0.15, 0.2) is 5.65 Å². The van der Waals surface area contributed by atoms with E-state index >= 15 is 0 Å². The molecule has 9 nitrogen and oxygen atoms in total. The van der Waals surface area contributed by atoms with Crippen molar-refractivity contribution in [2.24, 2.45) is 0 Å². The van der Waals surface area contributed by atoms with Crippen LogP contribution in [0.5, 0.6) is 11.6 Å². The van der Waals surface area contributed by atoms with Crippen LogP contribution in [0.25, 0.3) is 16.7 Å². The monoisotopic (exact) mass is 562 g/mol. The lowest BCUT2D eigenvalue weighted by molar-refractivity contribution is -0.986. The minimum absolute atomic E-state index is 0. The van der Waals surface area contributed by atoms with Crippen LogP contribution in [0.15, 0.2) is 41.2 Å². The van der Waals surface area contributed by atoms with Crippen LogP contribution in [0.4, 0.5) is 5.69 Å². The van der Waals surface area contributed by atoms with Crippen LogP contribution in [-0.2, 0) is 13.0 Å². The number of rotatable bonds is 8. The maximum Gasteiger partial charge on any atom is 0.277 e. The van der Waals surface area contributed by atoms with Gasteiger partial charge in [-0.15, -0.1) is 0 Å². The molecule has 1 aromatic carbocycles. The second-order valence-corrected chi connectivity index (χ2v) is 9.49. The first-order valence-electron chi connectivity index (χ1n) is 12.8. The Morgan fingerprint density at radius 3 is 2.45 bits per heavy atom. The predicted octanol–water partition coefficient (Wildman–Crippen LogP) is -5.55. The average Bonchev–Trinajstić information content (AvgIpc) is 3.27. The van der Waals surface area contributed by atoms with Gasteiger partial charge in [-0.2, -0.15) is 4.98 Å². The van der Waals surface area contributed by atoms with Gasteiger partial charge in [0.05, 0.1) is 32.0 Å². The molecule has 0 unspecified atom stereocenters. The molecule has 0 saturated carbocycles. The first-order valence-corrected chi connectivity index (χ1v) is 12.8. The highest BCUT2D eigenvalue weighted by Gasteiger charge is 2.25. The van der Waals surface area contributed by atoms with Gasteiger partial charge >= 0.3 is 0 Å². The normalized spacial score (nSPS) is 17.2. The Kier molecular flexibility index (Phi) is 10.0. The van der Waals surface area contributed by atoms with Crippen molar-refractivity contribution in [1.82, 2.24) is 18.9 Å². The number of nitrogens with zero attached hydrogens (tertiary/aromatic N) is 4. The number of nitrogens with one attached hydrogen (secondary N) is 2. The lowest BCUT2D eigenvalue weighted by atomic mass is 10.2. The molecular formula is C27H36Cl2N6O3. The summed E-state index contributed by atoms with van der Waals surface area (Å²) in [5, 5.41) is 0. The number of piperazine rings is 1. The molecule has 11 heteroatoms. The van der Waals surface area contributed by atoms with Crippen LogP contribution in [0, 0.1) is 6.92 Å². The summed E-state index contributed by atoms with van der Waals surface area (Å²) >= 11 is 0. The zero-order valence-corrected chi connectivity index (χ0v) is 23.9. The molecule has 206 valence electrons. The maximum atomic E-state index is 13.6. The number of pyridine rings is 1. The number of halogens is 2. The molecular weight excluding hydrogens is 527 g/mol. The fourth-order valence-electron chi connectivity index (χ4n) is 5.45. The number of quaternary nitrogens is 2. The van der Waals surface area contributed by atoms with Gasteiger partial charge in [-0.05, 0) is 25.1 Å². The fraction of sp³-hybridized carbons (Fsp3) is 0.444. The quantitative estimate of drug-likeness (QED) is 0.224. The van der Waals surface area contributed by atoms with Crippen molar-refractivity contribution in [3.8, 4) is 11.6 Å². The maximum absolute atomic E-state index is 13.6. The molecule has 0 radical (unpaired) electrons. The van der Waals surface area contributed by atoms with Crippen LogP contribution in [0.2, 0.25) is 0 Å². The molecule has 5 rings (SSSR count). The topological polar surface area (TPSA) is 79.5 Å². The second-order valence-electron chi connectivity index (χ2n) is 9.49. The van der Waals surface area contributed by atoms with Gasteiger partial charge in [0.2, 0.25) is 5.88 Å². The van der Waals surface area contributed by atoms with E-state index in [9.17, 15) is 4.79 Å². The number of ether oxygens (including phenoxy) is 2. The van der Waals surface area contributed by atoms with E-state index in [-0.39, 0.29) is 30.4 Å². The molecule has 1 aliphatic heterocycles. The number of aryl methyl sites for hydroxylation is 3. The summed E-state index contributed by atoms with van der Waals surface area (Å²) in [6.07, 6.45) is 1.65. The summed E-state index contributed by atoms with van der Waals surface area (Å²) in [5.41, 5.74) is 4.21. The minimum Gasteiger partial charge on any atom is -1.00 e. The molecule has 0 spiro atoms. The molecule has 38 heavy (non-hydrogen) atoms.